The van der Waals surface area contributed by atoms with Crippen molar-refractivity contribution in [3.8, 4) is 0 Å². The first kappa shape index (κ1) is 11.5. The summed E-state index contributed by atoms with van der Waals surface area (Å²) >= 11 is 18.2. The second-order valence-corrected chi connectivity index (χ2v) is 4.93. The number of hydrogen-bond acceptors (Lipinski definition) is 1. The molecule has 0 saturated carbocycles. The number of benzene rings is 1. The molecule has 0 spiro atoms. The fourth-order valence-corrected chi connectivity index (χ4v) is 2.73. The molecule has 1 aliphatic rings. The van der Waals surface area contributed by atoms with Crippen LogP contribution in [0.5, 0.6) is 0 Å². The number of ether oxygens (including phenoxy) is 1. The number of hydrogen-bond donors (Lipinski definition) is 0. The predicted octanol–water partition coefficient (Wildman–Crippen LogP) is 4.45. The van der Waals surface area contributed by atoms with Crippen LogP contribution in [0, 0.1) is 0 Å². The van der Waals surface area contributed by atoms with Crippen LogP contribution in [0.4, 0.5) is 0 Å². The van der Waals surface area contributed by atoms with Crippen LogP contribution < -0.4 is 0 Å². The Bertz CT molecular complexity index is 348. The lowest BCUT2D eigenvalue weighted by molar-refractivity contribution is 0.107. The Balaban J connectivity index is 2.20. The minimum Gasteiger partial charge on any atom is -0.376 e. The van der Waals surface area contributed by atoms with Gasteiger partial charge in [-0.15, -0.1) is 11.6 Å². The fourth-order valence-electron chi connectivity index (χ4n) is 1.76. The summed E-state index contributed by atoms with van der Waals surface area (Å²) in [7, 11) is 0. The molecule has 4 heteroatoms. The van der Waals surface area contributed by atoms with Gasteiger partial charge in [0.15, 0.2) is 0 Å². The zero-order valence-corrected chi connectivity index (χ0v) is 10.3. The zero-order chi connectivity index (χ0) is 10.8. The van der Waals surface area contributed by atoms with Crippen molar-refractivity contribution in [2.45, 2.75) is 24.3 Å². The normalized spacial score (nSPS) is 23.0. The van der Waals surface area contributed by atoms with Gasteiger partial charge in [-0.05, 0) is 30.5 Å². The van der Waals surface area contributed by atoms with E-state index in [9.17, 15) is 0 Å². The quantitative estimate of drug-likeness (QED) is 0.718. The van der Waals surface area contributed by atoms with Gasteiger partial charge in [0.1, 0.15) is 0 Å². The van der Waals surface area contributed by atoms with Crippen LogP contribution in [0.25, 0.3) is 0 Å². The van der Waals surface area contributed by atoms with Crippen LogP contribution in [0.15, 0.2) is 18.2 Å². The summed E-state index contributed by atoms with van der Waals surface area (Å²) in [5.74, 6) is 0. The van der Waals surface area contributed by atoms with Crippen LogP contribution >= 0.6 is 34.8 Å². The number of rotatable bonds is 2. The zero-order valence-electron chi connectivity index (χ0n) is 8.05. The molecule has 82 valence electrons. The molecule has 1 nitrogen and oxygen atoms in total. The second kappa shape index (κ2) is 4.92. The first-order valence-corrected chi connectivity index (χ1v) is 6.08. The molecule has 0 N–H and O–H groups in total. The van der Waals surface area contributed by atoms with Crippen LogP contribution in [-0.2, 0) is 4.74 Å². The van der Waals surface area contributed by atoms with Crippen molar-refractivity contribution >= 4 is 34.8 Å². The van der Waals surface area contributed by atoms with E-state index in [0.29, 0.717) is 10.0 Å². The van der Waals surface area contributed by atoms with Crippen molar-refractivity contribution in [2.75, 3.05) is 6.61 Å². The smallest absolute Gasteiger partial charge is 0.0861 e. The van der Waals surface area contributed by atoms with Gasteiger partial charge in [0, 0.05) is 16.7 Å². The Morgan fingerprint density at radius 1 is 1.33 bits per heavy atom. The van der Waals surface area contributed by atoms with Gasteiger partial charge >= 0.3 is 0 Å². The summed E-state index contributed by atoms with van der Waals surface area (Å²) in [5, 5.41) is 1.05. The summed E-state index contributed by atoms with van der Waals surface area (Å²) in [4.78, 5) is 0. The standard InChI is InChI=1S/C11H11Cl3O/c12-7-3-4-8(9(13)6-7)11(14)10-2-1-5-15-10/h3-4,6,10-11H,1-2,5H2. The third kappa shape index (κ3) is 2.59. The maximum absolute atomic E-state index is 6.32. The lowest BCUT2D eigenvalue weighted by atomic mass is 10.1. The van der Waals surface area contributed by atoms with E-state index in [1.165, 1.54) is 0 Å². The van der Waals surface area contributed by atoms with Gasteiger partial charge in [0.25, 0.3) is 0 Å². The summed E-state index contributed by atoms with van der Waals surface area (Å²) in [5.41, 5.74) is 0.898. The maximum Gasteiger partial charge on any atom is 0.0861 e. The highest BCUT2D eigenvalue weighted by atomic mass is 35.5. The molecule has 2 unspecified atom stereocenters. The SMILES string of the molecule is Clc1ccc(C(Cl)C2CCCO2)c(Cl)c1. The topological polar surface area (TPSA) is 9.23 Å². The molecule has 2 rings (SSSR count). The van der Waals surface area contributed by atoms with Crippen molar-refractivity contribution in [3.63, 3.8) is 0 Å². The minimum atomic E-state index is -0.183. The second-order valence-electron chi connectivity index (χ2n) is 3.62. The lowest BCUT2D eigenvalue weighted by Crippen LogP contribution is -2.12. The Morgan fingerprint density at radius 3 is 2.73 bits per heavy atom. The minimum absolute atomic E-state index is 0.0744. The Kier molecular flexibility index (Phi) is 3.78. The molecule has 0 aromatic heterocycles. The molecule has 1 aromatic rings. The first-order chi connectivity index (χ1) is 7.18. The molecule has 0 bridgehead atoms. The van der Waals surface area contributed by atoms with E-state index in [1.807, 2.05) is 6.07 Å². The Hall–Kier alpha value is 0.0500. The van der Waals surface area contributed by atoms with Crippen molar-refractivity contribution in [2.24, 2.45) is 0 Å². The van der Waals surface area contributed by atoms with Gasteiger partial charge in [-0.25, -0.2) is 0 Å². The molecule has 1 saturated heterocycles. The van der Waals surface area contributed by atoms with E-state index in [4.69, 9.17) is 39.5 Å². The Labute approximate surface area is 104 Å². The average Bonchev–Trinajstić information content (AvgIpc) is 2.69. The monoisotopic (exact) mass is 264 g/mol. The molecule has 15 heavy (non-hydrogen) atoms. The van der Waals surface area contributed by atoms with Gasteiger partial charge in [0.2, 0.25) is 0 Å². The molecule has 0 amide bonds. The Morgan fingerprint density at radius 2 is 2.13 bits per heavy atom. The van der Waals surface area contributed by atoms with Crippen LogP contribution in [-0.4, -0.2) is 12.7 Å². The molecular weight excluding hydrogens is 254 g/mol. The summed E-state index contributed by atoms with van der Waals surface area (Å²) in [6, 6.07) is 5.37. The molecule has 1 heterocycles. The van der Waals surface area contributed by atoms with E-state index in [2.05, 4.69) is 0 Å². The third-order valence-corrected chi connectivity index (χ3v) is 3.63. The average molecular weight is 266 g/mol. The van der Waals surface area contributed by atoms with Crippen molar-refractivity contribution in [3.05, 3.63) is 33.8 Å². The summed E-state index contributed by atoms with van der Waals surface area (Å²) in [6.45, 7) is 0.791. The fraction of sp³-hybridized carbons (Fsp3) is 0.455. The van der Waals surface area contributed by atoms with Crippen LogP contribution in [0.2, 0.25) is 10.0 Å². The lowest BCUT2D eigenvalue weighted by Gasteiger charge is -2.18. The van der Waals surface area contributed by atoms with E-state index in [-0.39, 0.29) is 11.5 Å². The van der Waals surface area contributed by atoms with Crippen molar-refractivity contribution in [1.29, 1.82) is 0 Å². The van der Waals surface area contributed by atoms with Gasteiger partial charge < -0.3 is 4.74 Å². The van der Waals surface area contributed by atoms with Crippen LogP contribution in [0.1, 0.15) is 23.8 Å². The molecule has 1 fully saturated rings. The summed E-state index contributed by atoms with van der Waals surface area (Å²) in [6.07, 6.45) is 2.14. The number of alkyl halides is 1. The van der Waals surface area contributed by atoms with Gasteiger partial charge in [-0.2, -0.15) is 0 Å². The molecule has 0 radical (unpaired) electrons. The highest BCUT2D eigenvalue weighted by Crippen LogP contribution is 2.36. The highest BCUT2D eigenvalue weighted by molar-refractivity contribution is 6.35. The third-order valence-electron chi connectivity index (χ3n) is 2.55. The molecule has 1 aromatic carbocycles. The summed E-state index contributed by atoms with van der Waals surface area (Å²) < 4.78 is 5.53. The van der Waals surface area contributed by atoms with Gasteiger partial charge in [-0.1, -0.05) is 29.3 Å². The van der Waals surface area contributed by atoms with E-state index < -0.39 is 0 Å². The number of halogens is 3. The van der Waals surface area contributed by atoms with Crippen LogP contribution in [0.3, 0.4) is 0 Å². The van der Waals surface area contributed by atoms with Crippen molar-refractivity contribution < 1.29 is 4.74 Å². The molecule has 0 aliphatic carbocycles. The van der Waals surface area contributed by atoms with E-state index in [0.717, 1.165) is 25.0 Å². The first-order valence-electron chi connectivity index (χ1n) is 4.89. The highest BCUT2D eigenvalue weighted by Gasteiger charge is 2.26. The van der Waals surface area contributed by atoms with E-state index >= 15 is 0 Å². The predicted molar refractivity (Wildman–Crippen MR) is 64.0 cm³/mol. The largest absolute Gasteiger partial charge is 0.376 e. The molecule has 2 atom stereocenters. The van der Waals surface area contributed by atoms with Gasteiger partial charge in [-0.3, -0.25) is 0 Å². The van der Waals surface area contributed by atoms with Crippen molar-refractivity contribution in [1.82, 2.24) is 0 Å². The van der Waals surface area contributed by atoms with E-state index in [1.54, 1.807) is 12.1 Å². The molecule has 1 aliphatic heterocycles. The molecular formula is C11H11Cl3O. The van der Waals surface area contributed by atoms with Gasteiger partial charge in [0.05, 0.1) is 11.5 Å². The maximum atomic E-state index is 6.32.